The van der Waals surface area contributed by atoms with Gasteiger partial charge in [-0.15, -0.1) is 0 Å². The van der Waals surface area contributed by atoms with Gasteiger partial charge in [0.25, 0.3) is 0 Å². The fourth-order valence-electron chi connectivity index (χ4n) is 1.70. The molecule has 84 valence electrons. The summed E-state index contributed by atoms with van der Waals surface area (Å²) in [5.41, 5.74) is 0.338. The van der Waals surface area contributed by atoms with Crippen LogP contribution in [0.2, 0.25) is 5.02 Å². The summed E-state index contributed by atoms with van der Waals surface area (Å²) in [6.45, 7) is 3.92. The molecule has 0 saturated heterocycles. The first-order chi connectivity index (χ1) is 6.94. The predicted molar refractivity (Wildman–Crippen MR) is 68.4 cm³/mol. The fraction of sp³-hybridized carbons (Fsp3) is 0.500. The Hall–Kier alpha value is -0.0500. The van der Waals surface area contributed by atoms with Gasteiger partial charge in [-0.25, -0.2) is 0 Å². The van der Waals surface area contributed by atoms with Gasteiger partial charge in [-0.2, -0.15) is 0 Å². The van der Waals surface area contributed by atoms with Crippen LogP contribution in [0.5, 0.6) is 0 Å². The van der Waals surface area contributed by atoms with Gasteiger partial charge in [0.05, 0.1) is 5.60 Å². The van der Waals surface area contributed by atoms with Crippen molar-refractivity contribution in [3.05, 3.63) is 33.3 Å². The lowest BCUT2D eigenvalue weighted by Crippen LogP contribution is -2.26. The molecule has 0 saturated carbocycles. The molecule has 0 aliphatic carbocycles. The van der Waals surface area contributed by atoms with Crippen molar-refractivity contribution in [3.63, 3.8) is 0 Å². The minimum absolute atomic E-state index is 0.604. The second-order valence-electron chi connectivity index (χ2n) is 4.16. The Labute approximate surface area is 105 Å². The summed E-state index contributed by atoms with van der Waals surface area (Å²) in [5.74, 6) is 0. The van der Waals surface area contributed by atoms with Crippen LogP contribution in [0.3, 0.4) is 0 Å². The van der Waals surface area contributed by atoms with Crippen molar-refractivity contribution in [2.45, 2.75) is 38.7 Å². The first kappa shape index (κ1) is 13.0. The molecule has 0 aromatic heterocycles. The largest absolute Gasteiger partial charge is 0.390 e. The highest BCUT2D eigenvalue weighted by atomic mass is 79.9. The number of hydrogen-bond acceptors (Lipinski definition) is 1. The summed E-state index contributed by atoms with van der Waals surface area (Å²) in [5, 5.41) is 10.8. The number of hydrogen-bond donors (Lipinski definition) is 1. The second-order valence-corrected chi connectivity index (χ2v) is 5.48. The molecule has 0 fully saturated rings. The standard InChI is InChI=1S/C12H16BrClO/c1-3-6-12(2,15)8-9-4-5-10(13)7-11(9)14/h4-5,7,15H,3,6,8H2,1-2H3. The molecule has 0 amide bonds. The maximum atomic E-state index is 10.1. The highest BCUT2D eigenvalue weighted by molar-refractivity contribution is 9.10. The van der Waals surface area contributed by atoms with E-state index in [9.17, 15) is 5.11 Å². The predicted octanol–water partition coefficient (Wildman–Crippen LogP) is 4.20. The van der Waals surface area contributed by atoms with Crippen molar-refractivity contribution in [3.8, 4) is 0 Å². The Morgan fingerprint density at radius 2 is 2.13 bits per heavy atom. The third-order valence-corrected chi connectivity index (χ3v) is 3.22. The minimum atomic E-state index is -0.660. The van der Waals surface area contributed by atoms with Crippen LogP contribution >= 0.6 is 27.5 Å². The summed E-state index contributed by atoms with van der Waals surface area (Å²) in [4.78, 5) is 0. The molecule has 1 N–H and O–H groups in total. The van der Waals surface area contributed by atoms with Crippen LogP contribution in [0, 0.1) is 0 Å². The van der Waals surface area contributed by atoms with E-state index in [1.165, 1.54) is 0 Å². The zero-order valence-electron chi connectivity index (χ0n) is 9.06. The number of halogens is 2. The lowest BCUT2D eigenvalue weighted by atomic mass is 9.92. The normalized spacial score (nSPS) is 15.0. The number of benzene rings is 1. The van der Waals surface area contributed by atoms with Crippen LogP contribution < -0.4 is 0 Å². The van der Waals surface area contributed by atoms with E-state index in [1.807, 2.05) is 25.1 Å². The first-order valence-corrected chi connectivity index (χ1v) is 6.28. The highest BCUT2D eigenvalue weighted by Gasteiger charge is 2.20. The first-order valence-electron chi connectivity index (χ1n) is 5.11. The van der Waals surface area contributed by atoms with Crippen molar-refractivity contribution >= 4 is 27.5 Å². The van der Waals surface area contributed by atoms with Crippen molar-refractivity contribution in [1.29, 1.82) is 0 Å². The molecule has 0 spiro atoms. The molecule has 0 bridgehead atoms. The molecule has 1 aromatic rings. The molecule has 0 heterocycles. The zero-order valence-corrected chi connectivity index (χ0v) is 11.4. The Bertz CT molecular complexity index is 336. The summed E-state index contributed by atoms with van der Waals surface area (Å²) in [7, 11) is 0. The average molecular weight is 292 g/mol. The summed E-state index contributed by atoms with van der Waals surface area (Å²) < 4.78 is 0.964. The van der Waals surface area contributed by atoms with Gasteiger partial charge >= 0.3 is 0 Å². The van der Waals surface area contributed by atoms with Gasteiger partial charge in [0, 0.05) is 15.9 Å². The quantitative estimate of drug-likeness (QED) is 0.881. The molecule has 1 nitrogen and oxygen atoms in total. The minimum Gasteiger partial charge on any atom is -0.390 e. The van der Waals surface area contributed by atoms with Gasteiger partial charge in [0.2, 0.25) is 0 Å². The Balaban J connectivity index is 2.80. The third-order valence-electron chi connectivity index (χ3n) is 2.37. The summed E-state index contributed by atoms with van der Waals surface area (Å²) in [6, 6.07) is 5.76. The van der Waals surface area contributed by atoms with Crippen molar-refractivity contribution in [1.82, 2.24) is 0 Å². The maximum Gasteiger partial charge on any atom is 0.0660 e. The van der Waals surface area contributed by atoms with Crippen LogP contribution in [0.4, 0.5) is 0 Å². The highest BCUT2D eigenvalue weighted by Crippen LogP contribution is 2.26. The van der Waals surface area contributed by atoms with Gasteiger partial charge in [-0.3, -0.25) is 0 Å². The Morgan fingerprint density at radius 3 is 2.67 bits per heavy atom. The van der Waals surface area contributed by atoms with Crippen LogP contribution in [0.25, 0.3) is 0 Å². The summed E-state index contributed by atoms with van der Waals surface area (Å²) >= 11 is 9.45. The van der Waals surface area contributed by atoms with E-state index in [1.54, 1.807) is 0 Å². The molecule has 15 heavy (non-hydrogen) atoms. The van der Waals surface area contributed by atoms with E-state index >= 15 is 0 Å². The van der Waals surface area contributed by atoms with Gasteiger partial charge < -0.3 is 5.11 Å². The maximum absolute atomic E-state index is 10.1. The summed E-state index contributed by atoms with van der Waals surface area (Å²) in [6.07, 6.45) is 2.37. The lowest BCUT2D eigenvalue weighted by molar-refractivity contribution is 0.0506. The Kier molecular flexibility index (Phi) is 4.63. The van der Waals surface area contributed by atoms with Crippen molar-refractivity contribution in [2.24, 2.45) is 0 Å². The monoisotopic (exact) mass is 290 g/mol. The smallest absolute Gasteiger partial charge is 0.0660 e. The molecule has 0 aliphatic rings. The lowest BCUT2D eigenvalue weighted by Gasteiger charge is -2.23. The fourth-order valence-corrected chi connectivity index (χ4v) is 2.44. The zero-order chi connectivity index (χ0) is 11.5. The van der Waals surface area contributed by atoms with E-state index in [2.05, 4.69) is 22.9 Å². The molecular formula is C12H16BrClO. The van der Waals surface area contributed by atoms with E-state index in [-0.39, 0.29) is 0 Å². The molecule has 1 atom stereocenters. The third kappa shape index (κ3) is 4.13. The van der Waals surface area contributed by atoms with Crippen LogP contribution in [-0.2, 0) is 6.42 Å². The van der Waals surface area contributed by atoms with Gasteiger partial charge in [0.1, 0.15) is 0 Å². The van der Waals surface area contributed by atoms with Crippen LogP contribution in [0.15, 0.2) is 22.7 Å². The molecule has 1 unspecified atom stereocenters. The van der Waals surface area contributed by atoms with Crippen molar-refractivity contribution < 1.29 is 5.11 Å². The average Bonchev–Trinajstić information content (AvgIpc) is 2.09. The molecule has 0 radical (unpaired) electrons. The van der Waals surface area contributed by atoms with E-state index < -0.39 is 5.60 Å². The van der Waals surface area contributed by atoms with E-state index in [0.717, 1.165) is 22.9 Å². The number of aliphatic hydroxyl groups is 1. The van der Waals surface area contributed by atoms with Crippen molar-refractivity contribution in [2.75, 3.05) is 0 Å². The SMILES string of the molecule is CCCC(C)(O)Cc1ccc(Br)cc1Cl. The van der Waals surface area contributed by atoms with Crippen LogP contribution in [-0.4, -0.2) is 10.7 Å². The van der Waals surface area contributed by atoms with Crippen LogP contribution in [0.1, 0.15) is 32.3 Å². The molecule has 0 aliphatic heterocycles. The molecule has 1 rings (SSSR count). The second kappa shape index (κ2) is 5.33. The molecular weight excluding hydrogens is 275 g/mol. The van der Waals surface area contributed by atoms with Gasteiger partial charge in [-0.05, 0) is 31.0 Å². The molecule has 3 heteroatoms. The topological polar surface area (TPSA) is 20.2 Å². The number of rotatable bonds is 4. The van der Waals surface area contributed by atoms with Gasteiger partial charge in [0.15, 0.2) is 0 Å². The van der Waals surface area contributed by atoms with E-state index in [4.69, 9.17) is 11.6 Å². The Morgan fingerprint density at radius 1 is 1.47 bits per heavy atom. The van der Waals surface area contributed by atoms with Gasteiger partial charge in [-0.1, -0.05) is 46.9 Å². The molecule has 1 aromatic carbocycles. The van der Waals surface area contributed by atoms with E-state index in [0.29, 0.717) is 11.4 Å².